The van der Waals surface area contributed by atoms with Gasteiger partial charge in [-0.3, -0.25) is 4.79 Å². The van der Waals surface area contributed by atoms with Gasteiger partial charge in [-0.2, -0.15) is 0 Å². The van der Waals surface area contributed by atoms with E-state index >= 15 is 0 Å². The highest BCUT2D eigenvalue weighted by Crippen LogP contribution is 2.21. The SMILES string of the molecule is CCCOC(=O)C1CCOC1C. The molecular formula is C9H16O3. The normalized spacial score (nSPS) is 28.8. The van der Waals surface area contributed by atoms with Crippen LogP contribution in [0.1, 0.15) is 26.7 Å². The summed E-state index contributed by atoms with van der Waals surface area (Å²) in [6, 6.07) is 0. The Labute approximate surface area is 73.0 Å². The summed E-state index contributed by atoms with van der Waals surface area (Å²) in [5.41, 5.74) is 0. The zero-order valence-corrected chi connectivity index (χ0v) is 7.71. The van der Waals surface area contributed by atoms with Crippen molar-refractivity contribution in [1.82, 2.24) is 0 Å². The van der Waals surface area contributed by atoms with Gasteiger partial charge >= 0.3 is 5.97 Å². The standard InChI is InChI=1S/C9H16O3/c1-3-5-12-9(10)8-4-6-11-7(8)2/h7-8H,3-6H2,1-2H3. The van der Waals surface area contributed by atoms with E-state index in [1.54, 1.807) is 0 Å². The van der Waals surface area contributed by atoms with E-state index in [4.69, 9.17) is 9.47 Å². The van der Waals surface area contributed by atoms with E-state index in [1.165, 1.54) is 0 Å². The zero-order chi connectivity index (χ0) is 8.97. The van der Waals surface area contributed by atoms with E-state index in [2.05, 4.69) is 0 Å². The molecule has 0 aromatic rings. The van der Waals surface area contributed by atoms with Crippen LogP contribution < -0.4 is 0 Å². The third-order valence-corrected chi connectivity index (χ3v) is 2.13. The van der Waals surface area contributed by atoms with Gasteiger partial charge in [0.05, 0.1) is 18.6 Å². The van der Waals surface area contributed by atoms with Crippen LogP contribution in [0.3, 0.4) is 0 Å². The maximum absolute atomic E-state index is 11.3. The van der Waals surface area contributed by atoms with Crippen molar-refractivity contribution in [2.45, 2.75) is 32.8 Å². The highest BCUT2D eigenvalue weighted by atomic mass is 16.5. The lowest BCUT2D eigenvalue weighted by atomic mass is 10.0. The molecule has 3 heteroatoms. The van der Waals surface area contributed by atoms with Gasteiger partial charge in [0, 0.05) is 6.61 Å². The van der Waals surface area contributed by atoms with Crippen LogP contribution in [0, 0.1) is 5.92 Å². The van der Waals surface area contributed by atoms with Crippen molar-refractivity contribution in [3.8, 4) is 0 Å². The van der Waals surface area contributed by atoms with Crippen LogP contribution in [0.5, 0.6) is 0 Å². The molecule has 1 rings (SSSR count). The summed E-state index contributed by atoms with van der Waals surface area (Å²) in [5.74, 6) is -0.126. The molecule has 2 atom stereocenters. The molecule has 0 aromatic heterocycles. The van der Waals surface area contributed by atoms with Crippen molar-refractivity contribution >= 4 is 5.97 Å². The number of carbonyl (C=O) groups is 1. The lowest BCUT2D eigenvalue weighted by molar-refractivity contribution is -0.150. The number of esters is 1. The topological polar surface area (TPSA) is 35.5 Å². The Morgan fingerprint density at radius 1 is 1.67 bits per heavy atom. The minimum atomic E-state index is -0.0955. The minimum absolute atomic E-state index is 0.0310. The Kier molecular flexibility index (Phi) is 3.53. The predicted molar refractivity (Wildman–Crippen MR) is 44.8 cm³/mol. The second-order valence-corrected chi connectivity index (χ2v) is 3.14. The number of rotatable bonds is 3. The average Bonchev–Trinajstić information content (AvgIpc) is 2.47. The molecule has 0 radical (unpaired) electrons. The number of carbonyl (C=O) groups excluding carboxylic acids is 1. The fourth-order valence-electron chi connectivity index (χ4n) is 1.35. The Balaban J connectivity index is 2.30. The molecular weight excluding hydrogens is 156 g/mol. The zero-order valence-electron chi connectivity index (χ0n) is 7.71. The summed E-state index contributed by atoms with van der Waals surface area (Å²) in [6.45, 7) is 5.13. The van der Waals surface area contributed by atoms with E-state index in [1.807, 2.05) is 13.8 Å². The van der Waals surface area contributed by atoms with Crippen LogP contribution >= 0.6 is 0 Å². The second kappa shape index (κ2) is 4.45. The van der Waals surface area contributed by atoms with Crippen molar-refractivity contribution in [3.05, 3.63) is 0 Å². The van der Waals surface area contributed by atoms with Gasteiger partial charge < -0.3 is 9.47 Å². The first-order valence-corrected chi connectivity index (χ1v) is 4.54. The van der Waals surface area contributed by atoms with E-state index in [0.29, 0.717) is 13.2 Å². The highest BCUT2D eigenvalue weighted by molar-refractivity contribution is 5.73. The molecule has 1 aliphatic rings. The molecule has 0 aliphatic carbocycles. The van der Waals surface area contributed by atoms with Gasteiger partial charge in [0.1, 0.15) is 0 Å². The van der Waals surface area contributed by atoms with Crippen LogP contribution in [0.2, 0.25) is 0 Å². The predicted octanol–water partition coefficient (Wildman–Crippen LogP) is 1.36. The summed E-state index contributed by atoms with van der Waals surface area (Å²) in [5, 5.41) is 0. The molecule has 0 amide bonds. The summed E-state index contributed by atoms with van der Waals surface area (Å²) in [4.78, 5) is 11.3. The molecule has 0 bridgehead atoms. The van der Waals surface area contributed by atoms with Gasteiger partial charge in [-0.05, 0) is 19.8 Å². The highest BCUT2D eigenvalue weighted by Gasteiger charge is 2.31. The summed E-state index contributed by atoms with van der Waals surface area (Å²) in [6.07, 6.45) is 1.73. The summed E-state index contributed by atoms with van der Waals surface area (Å²) < 4.78 is 10.3. The van der Waals surface area contributed by atoms with Crippen molar-refractivity contribution < 1.29 is 14.3 Å². The van der Waals surface area contributed by atoms with E-state index in [0.717, 1.165) is 12.8 Å². The molecule has 1 saturated heterocycles. The first kappa shape index (κ1) is 9.52. The monoisotopic (exact) mass is 172 g/mol. The lowest BCUT2D eigenvalue weighted by Crippen LogP contribution is -2.24. The fourth-order valence-corrected chi connectivity index (χ4v) is 1.35. The molecule has 2 unspecified atom stereocenters. The largest absolute Gasteiger partial charge is 0.465 e. The van der Waals surface area contributed by atoms with Gasteiger partial charge in [0.25, 0.3) is 0 Å². The molecule has 0 aromatic carbocycles. The first-order valence-electron chi connectivity index (χ1n) is 4.54. The molecule has 0 N–H and O–H groups in total. The van der Waals surface area contributed by atoms with E-state index < -0.39 is 0 Å². The number of hydrogen-bond acceptors (Lipinski definition) is 3. The molecule has 70 valence electrons. The van der Waals surface area contributed by atoms with Crippen molar-refractivity contribution in [3.63, 3.8) is 0 Å². The van der Waals surface area contributed by atoms with Crippen molar-refractivity contribution in [2.24, 2.45) is 5.92 Å². The summed E-state index contributed by atoms with van der Waals surface area (Å²) >= 11 is 0. The smallest absolute Gasteiger partial charge is 0.311 e. The molecule has 1 heterocycles. The van der Waals surface area contributed by atoms with E-state index in [-0.39, 0.29) is 18.0 Å². The maximum atomic E-state index is 11.3. The Bertz CT molecular complexity index is 156. The van der Waals surface area contributed by atoms with Crippen molar-refractivity contribution in [1.29, 1.82) is 0 Å². The van der Waals surface area contributed by atoms with E-state index in [9.17, 15) is 4.79 Å². The molecule has 1 fully saturated rings. The fraction of sp³-hybridized carbons (Fsp3) is 0.889. The van der Waals surface area contributed by atoms with Gasteiger partial charge in [-0.1, -0.05) is 6.92 Å². The summed E-state index contributed by atoms with van der Waals surface area (Å²) in [7, 11) is 0. The first-order chi connectivity index (χ1) is 5.75. The Morgan fingerprint density at radius 2 is 2.42 bits per heavy atom. The molecule has 3 nitrogen and oxygen atoms in total. The van der Waals surface area contributed by atoms with Gasteiger partial charge in [0.2, 0.25) is 0 Å². The molecule has 0 spiro atoms. The Hall–Kier alpha value is -0.570. The third-order valence-electron chi connectivity index (χ3n) is 2.13. The van der Waals surface area contributed by atoms with Gasteiger partial charge in [-0.15, -0.1) is 0 Å². The van der Waals surface area contributed by atoms with Crippen LogP contribution in [-0.2, 0) is 14.3 Å². The maximum Gasteiger partial charge on any atom is 0.311 e. The second-order valence-electron chi connectivity index (χ2n) is 3.14. The van der Waals surface area contributed by atoms with Crippen molar-refractivity contribution in [2.75, 3.05) is 13.2 Å². The van der Waals surface area contributed by atoms with Crippen LogP contribution in [0.25, 0.3) is 0 Å². The van der Waals surface area contributed by atoms with Gasteiger partial charge in [-0.25, -0.2) is 0 Å². The third kappa shape index (κ3) is 2.21. The van der Waals surface area contributed by atoms with Crippen LogP contribution in [-0.4, -0.2) is 25.3 Å². The minimum Gasteiger partial charge on any atom is -0.465 e. The van der Waals surface area contributed by atoms with Crippen LogP contribution in [0.15, 0.2) is 0 Å². The lowest BCUT2D eigenvalue weighted by Gasteiger charge is -2.12. The number of hydrogen-bond donors (Lipinski definition) is 0. The van der Waals surface area contributed by atoms with Gasteiger partial charge in [0.15, 0.2) is 0 Å². The molecule has 0 saturated carbocycles. The number of ether oxygens (including phenoxy) is 2. The van der Waals surface area contributed by atoms with Crippen LogP contribution in [0.4, 0.5) is 0 Å². The molecule has 12 heavy (non-hydrogen) atoms. The molecule has 1 aliphatic heterocycles. The quantitative estimate of drug-likeness (QED) is 0.603. The Morgan fingerprint density at radius 3 is 2.92 bits per heavy atom. The average molecular weight is 172 g/mol.